The normalized spacial score (nSPS) is 38.4. The van der Waals surface area contributed by atoms with E-state index >= 15 is 0 Å². The van der Waals surface area contributed by atoms with Crippen LogP contribution in [-0.2, 0) is 27.7 Å². The largest absolute Gasteiger partial charge is 0.394 e. The van der Waals surface area contributed by atoms with E-state index in [1.807, 2.05) is 4.98 Å². The van der Waals surface area contributed by atoms with Crippen LogP contribution in [0.4, 0.5) is 0 Å². The molecule has 0 aliphatic carbocycles. The Kier molecular flexibility index (Phi) is 9.08. The topological polar surface area (TPSA) is 288 Å². The van der Waals surface area contributed by atoms with Crippen molar-refractivity contribution in [2.45, 2.75) is 55.2 Å². The van der Waals surface area contributed by atoms with Crippen LogP contribution in [0.3, 0.4) is 0 Å². The number of rotatable bonds is 9. The third-order valence-electron chi connectivity index (χ3n) is 5.38. The molecule has 18 nitrogen and oxygen atoms in total. The summed E-state index contributed by atoms with van der Waals surface area (Å²) in [5.41, 5.74) is -1.70. The average molecular weight is 564 g/mol. The standard InChI is InChI=1S/C16H26N2O16P2/c19-3-6-9(21)11(23)13(25)15(33-6)34-36(29,30)5-35(27,28)31-4-7-10(22)12(24)14(32-7)18-2-1-8(20)17-16(18)26/h1-2,6-7,9-15,19,21-25H,3-5H2,(H,27,28)(H,29,30)(H,17,20,26)/t6?,7-,9+,10?,11?,12?,13?,14-,15+/m1/s1. The summed E-state index contributed by atoms with van der Waals surface area (Å²) >= 11 is 0. The lowest BCUT2D eigenvalue weighted by Gasteiger charge is -2.39. The van der Waals surface area contributed by atoms with Crippen molar-refractivity contribution in [3.63, 3.8) is 0 Å². The van der Waals surface area contributed by atoms with Gasteiger partial charge in [-0.1, -0.05) is 0 Å². The van der Waals surface area contributed by atoms with Crippen LogP contribution in [0.5, 0.6) is 0 Å². The van der Waals surface area contributed by atoms with E-state index in [9.17, 15) is 54.0 Å². The second-order valence-electron chi connectivity index (χ2n) is 8.08. The lowest BCUT2D eigenvalue weighted by Crippen LogP contribution is -2.58. The van der Waals surface area contributed by atoms with Crippen LogP contribution in [-0.4, -0.2) is 118 Å². The summed E-state index contributed by atoms with van der Waals surface area (Å²) in [6.07, 6.45) is -14.8. The van der Waals surface area contributed by atoms with Crippen molar-refractivity contribution in [1.82, 2.24) is 9.55 Å². The summed E-state index contributed by atoms with van der Waals surface area (Å²) in [6.45, 7) is -1.76. The first-order chi connectivity index (χ1) is 16.7. The van der Waals surface area contributed by atoms with Crippen LogP contribution < -0.4 is 11.2 Å². The summed E-state index contributed by atoms with van der Waals surface area (Å²) in [6, 6.07) is 0.948. The number of aliphatic hydroxyl groups is 6. The summed E-state index contributed by atoms with van der Waals surface area (Å²) in [5, 5.41) is 58.8. The molecule has 9 N–H and O–H groups in total. The Labute approximate surface area is 201 Å². The highest BCUT2D eigenvalue weighted by Gasteiger charge is 2.49. The first kappa shape index (κ1) is 29.2. The van der Waals surface area contributed by atoms with Crippen molar-refractivity contribution >= 4 is 15.2 Å². The molecule has 2 saturated heterocycles. The highest BCUT2D eigenvalue weighted by Crippen LogP contribution is 2.59. The van der Waals surface area contributed by atoms with E-state index in [0.717, 1.165) is 16.8 Å². The van der Waals surface area contributed by atoms with Gasteiger partial charge in [-0.05, 0) is 0 Å². The van der Waals surface area contributed by atoms with Gasteiger partial charge < -0.3 is 54.4 Å². The van der Waals surface area contributed by atoms with Gasteiger partial charge in [0.2, 0.25) is 0 Å². The predicted molar refractivity (Wildman–Crippen MR) is 113 cm³/mol. The van der Waals surface area contributed by atoms with Crippen LogP contribution in [0, 0.1) is 0 Å². The summed E-state index contributed by atoms with van der Waals surface area (Å²) in [5.74, 6) is -1.55. The Morgan fingerprint density at radius 1 is 0.917 bits per heavy atom. The van der Waals surface area contributed by atoms with Gasteiger partial charge in [-0.15, -0.1) is 0 Å². The molecule has 36 heavy (non-hydrogen) atoms. The summed E-state index contributed by atoms with van der Waals surface area (Å²) < 4.78 is 45.1. The molecule has 7 unspecified atom stereocenters. The number of aliphatic hydroxyl groups excluding tert-OH is 6. The number of hydrogen-bond acceptors (Lipinski definition) is 14. The molecule has 1 aromatic rings. The molecule has 0 spiro atoms. The van der Waals surface area contributed by atoms with E-state index < -0.39 is 101 Å². The van der Waals surface area contributed by atoms with Gasteiger partial charge in [0.25, 0.3) is 5.56 Å². The van der Waals surface area contributed by atoms with E-state index in [-0.39, 0.29) is 0 Å². The van der Waals surface area contributed by atoms with Gasteiger partial charge in [0, 0.05) is 12.3 Å². The van der Waals surface area contributed by atoms with Crippen LogP contribution in [0.25, 0.3) is 0 Å². The molecule has 0 saturated carbocycles. The minimum Gasteiger partial charge on any atom is -0.394 e. The fraction of sp³-hybridized carbons (Fsp3) is 0.750. The molecule has 2 aliphatic heterocycles. The highest BCUT2D eigenvalue weighted by molar-refractivity contribution is 7.70. The maximum absolute atomic E-state index is 12.4. The minimum atomic E-state index is -5.09. The summed E-state index contributed by atoms with van der Waals surface area (Å²) in [7, 11) is -10.1. The smallest absolute Gasteiger partial charge is 0.342 e. The Morgan fingerprint density at radius 2 is 1.56 bits per heavy atom. The molecule has 11 atom stereocenters. The van der Waals surface area contributed by atoms with Gasteiger partial charge in [-0.3, -0.25) is 28.0 Å². The SMILES string of the molecule is O=c1ccn([C@@H]2O[C@H](COP(=O)(O)CP(=O)(O)O[C@@H]3OC(CO)[C@H](O)C(O)C3O)C(O)C2O)c(=O)[nH]1. The van der Waals surface area contributed by atoms with Gasteiger partial charge in [0.15, 0.2) is 18.4 Å². The Morgan fingerprint density at radius 3 is 2.17 bits per heavy atom. The Hall–Kier alpha value is -1.34. The number of nitrogens with one attached hydrogen (secondary N) is 1. The molecule has 2 fully saturated rings. The predicted octanol–water partition coefficient (Wildman–Crippen LogP) is -4.68. The van der Waals surface area contributed by atoms with Gasteiger partial charge in [-0.25, -0.2) is 4.79 Å². The molecule has 0 amide bonds. The number of aromatic nitrogens is 2. The molecular formula is C16H26N2O16P2. The lowest BCUT2D eigenvalue weighted by molar-refractivity contribution is -0.278. The molecule has 2 aliphatic rings. The molecule has 20 heteroatoms. The van der Waals surface area contributed by atoms with Gasteiger partial charge in [0.05, 0.1) is 13.2 Å². The lowest BCUT2D eigenvalue weighted by atomic mass is 10.00. The van der Waals surface area contributed by atoms with Crippen LogP contribution in [0.1, 0.15) is 6.23 Å². The number of ether oxygens (including phenoxy) is 2. The van der Waals surface area contributed by atoms with E-state index in [4.69, 9.17) is 19.1 Å². The van der Waals surface area contributed by atoms with Gasteiger partial charge in [0.1, 0.15) is 42.7 Å². The average Bonchev–Trinajstić information content (AvgIpc) is 3.06. The van der Waals surface area contributed by atoms with E-state index in [2.05, 4.69) is 4.52 Å². The third kappa shape index (κ3) is 6.56. The number of nitrogens with zero attached hydrogens (tertiary/aromatic N) is 1. The quantitative estimate of drug-likeness (QED) is 0.127. The van der Waals surface area contributed by atoms with E-state index in [0.29, 0.717) is 0 Å². The number of aromatic amines is 1. The Bertz CT molecular complexity index is 1120. The minimum absolute atomic E-state index is 0.732. The van der Waals surface area contributed by atoms with Crippen molar-refractivity contribution in [2.75, 3.05) is 19.1 Å². The van der Waals surface area contributed by atoms with E-state index in [1.165, 1.54) is 0 Å². The second kappa shape index (κ2) is 11.2. The van der Waals surface area contributed by atoms with Crippen molar-refractivity contribution in [2.24, 2.45) is 0 Å². The zero-order valence-corrected chi connectivity index (χ0v) is 19.9. The van der Waals surface area contributed by atoms with Crippen molar-refractivity contribution in [3.05, 3.63) is 33.1 Å². The maximum Gasteiger partial charge on any atom is 0.342 e. The van der Waals surface area contributed by atoms with Crippen molar-refractivity contribution in [1.29, 1.82) is 0 Å². The molecule has 0 aromatic carbocycles. The molecule has 206 valence electrons. The zero-order chi connectivity index (χ0) is 27.0. The van der Waals surface area contributed by atoms with Crippen LogP contribution in [0.2, 0.25) is 0 Å². The number of hydrogen-bond donors (Lipinski definition) is 9. The molecule has 0 radical (unpaired) electrons. The maximum atomic E-state index is 12.4. The molecule has 3 heterocycles. The highest BCUT2D eigenvalue weighted by atomic mass is 31.2. The molecule has 1 aromatic heterocycles. The van der Waals surface area contributed by atoms with Gasteiger partial charge in [-0.2, -0.15) is 0 Å². The molecular weight excluding hydrogens is 538 g/mol. The molecule has 0 bridgehead atoms. The first-order valence-electron chi connectivity index (χ1n) is 10.3. The molecule has 3 rings (SSSR count). The van der Waals surface area contributed by atoms with Crippen LogP contribution in [0.15, 0.2) is 21.9 Å². The zero-order valence-electron chi connectivity index (χ0n) is 18.2. The Balaban J connectivity index is 1.61. The fourth-order valence-electron chi connectivity index (χ4n) is 3.53. The number of H-pyrrole nitrogens is 1. The monoisotopic (exact) mass is 564 g/mol. The van der Waals surface area contributed by atoms with Crippen LogP contribution >= 0.6 is 15.2 Å². The first-order valence-corrected chi connectivity index (χ1v) is 13.8. The van der Waals surface area contributed by atoms with Crippen molar-refractivity contribution in [3.8, 4) is 0 Å². The van der Waals surface area contributed by atoms with E-state index in [1.54, 1.807) is 0 Å². The fourth-order valence-corrected chi connectivity index (χ4v) is 6.81. The second-order valence-corrected chi connectivity index (χ2v) is 12.2. The van der Waals surface area contributed by atoms with Crippen molar-refractivity contribution < 1.29 is 68.1 Å². The third-order valence-corrected chi connectivity index (χ3v) is 9.33. The summed E-state index contributed by atoms with van der Waals surface area (Å²) in [4.78, 5) is 45.0. The van der Waals surface area contributed by atoms with Gasteiger partial charge >= 0.3 is 20.9 Å².